The summed E-state index contributed by atoms with van der Waals surface area (Å²) in [5, 5.41) is 5.84. The first kappa shape index (κ1) is 18.7. The fourth-order valence-corrected chi connectivity index (χ4v) is 6.44. The highest BCUT2D eigenvalue weighted by Crippen LogP contribution is 2.39. The van der Waals surface area contributed by atoms with E-state index in [1.54, 1.807) is 12.1 Å². The fraction of sp³-hybridized carbons (Fsp3) is 0. The third kappa shape index (κ3) is 3.54. The molecule has 5 aromatic rings. The molecule has 0 aliphatic heterocycles. The molecule has 0 fully saturated rings. The predicted octanol–water partition coefficient (Wildman–Crippen LogP) is 6.40. The van der Waals surface area contributed by atoms with E-state index in [-0.39, 0.29) is 5.82 Å². The molecule has 0 bridgehead atoms. The number of hydrogen-bond donors (Lipinski definition) is 0. The Morgan fingerprint density at radius 3 is 1.80 bits per heavy atom. The van der Waals surface area contributed by atoms with Gasteiger partial charge in [0, 0.05) is 0 Å². The van der Waals surface area contributed by atoms with Crippen LogP contribution in [0.3, 0.4) is 0 Å². The van der Waals surface area contributed by atoms with E-state index in [2.05, 4.69) is 91.0 Å². The van der Waals surface area contributed by atoms with Gasteiger partial charge in [-0.3, -0.25) is 0 Å². The summed E-state index contributed by atoms with van der Waals surface area (Å²) < 4.78 is 14.6. The summed E-state index contributed by atoms with van der Waals surface area (Å²) in [6.07, 6.45) is 0. The molecule has 0 spiro atoms. The zero-order chi connectivity index (χ0) is 20.3. The first-order chi connectivity index (χ1) is 14.8. The first-order valence-electron chi connectivity index (χ1n) is 9.99. The van der Waals surface area contributed by atoms with Gasteiger partial charge in [0.15, 0.2) is 0 Å². The van der Waals surface area contributed by atoms with Crippen molar-refractivity contribution in [3.05, 3.63) is 127 Å². The van der Waals surface area contributed by atoms with Crippen molar-refractivity contribution in [3.63, 3.8) is 0 Å². The van der Waals surface area contributed by atoms with Crippen molar-refractivity contribution in [2.45, 2.75) is 0 Å². The van der Waals surface area contributed by atoms with Crippen molar-refractivity contribution < 1.29 is 4.39 Å². The molecular formula is C28H20FP. The average molecular weight is 406 g/mol. The van der Waals surface area contributed by atoms with Crippen LogP contribution in [0.25, 0.3) is 21.9 Å². The Bertz CT molecular complexity index is 1250. The van der Waals surface area contributed by atoms with Gasteiger partial charge in [-0.25, -0.2) is 4.39 Å². The van der Waals surface area contributed by atoms with Gasteiger partial charge in [-0.15, -0.1) is 0 Å². The van der Waals surface area contributed by atoms with Crippen molar-refractivity contribution in [1.29, 1.82) is 0 Å². The lowest BCUT2D eigenvalue weighted by Crippen LogP contribution is -2.22. The van der Waals surface area contributed by atoms with Crippen LogP contribution < -0.4 is 15.9 Å². The lowest BCUT2D eigenvalue weighted by molar-refractivity contribution is 0.629. The summed E-state index contributed by atoms with van der Waals surface area (Å²) in [5.74, 6) is -0.201. The van der Waals surface area contributed by atoms with Gasteiger partial charge in [-0.1, -0.05) is 109 Å². The molecule has 0 nitrogen and oxygen atoms in total. The van der Waals surface area contributed by atoms with Crippen LogP contribution in [0.2, 0.25) is 0 Å². The van der Waals surface area contributed by atoms with Crippen molar-refractivity contribution in [1.82, 2.24) is 0 Å². The lowest BCUT2D eigenvalue weighted by Gasteiger charge is -2.23. The van der Waals surface area contributed by atoms with Crippen LogP contribution in [0, 0.1) is 5.82 Å². The van der Waals surface area contributed by atoms with Gasteiger partial charge in [0.25, 0.3) is 0 Å². The lowest BCUT2D eigenvalue weighted by atomic mass is 9.98. The molecule has 0 saturated carbocycles. The molecule has 0 radical (unpaired) electrons. The van der Waals surface area contributed by atoms with Crippen LogP contribution in [-0.4, -0.2) is 0 Å². The molecule has 0 aliphatic carbocycles. The standard InChI is InChI=1S/C28H20FP/c29-22-18-19-27(26-17-9-11-21-10-7-8-16-25(21)26)28(20-22)30(23-12-3-1-4-13-23)24-14-5-2-6-15-24/h1-20H. The average Bonchev–Trinajstić information content (AvgIpc) is 2.81. The van der Waals surface area contributed by atoms with Gasteiger partial charge < -0.3 is 0 Å². The smallest absolute Gasteiger partial charge is 0.123 e. The normalized spacial score (nSPS) is 11.1. The topological polar surface area (TPSA) is 0 Å². The van der Waals surface area contributed by atoms with Crippen LogP contribution in [0.15, 0.2) is 121 Å². The summed E-state index contributed by atoms with van der Waals surface area (Å²) in [6, 6.07) is 40.9. The summed E-state index contributed by atoms with van der Waals surface area (Å²) in [6.45, 7) is 0. The van der Waals surface area contributed by atoms with Crippen LogP contribution in [0.5, 0.6) is 0 Å². The third-order valence-corrected chi connectivity index (χ3v) is 7.79. The Balaban J connectivity index is 1.80. The van der Waals surface area contributed by atoms with Crippen molar-refractivity contribution in [2.75, 3.05) is 0 Å². The predicted molar refractivity (Wildman–Crippen MR) is 128 cm³/mol. The maximum absolute atomic E-state index is 14.6. The Hall–Kier alpha value is -3.28. The second kappa shape index (κ2) is 8.22. The second-order valence-corrected chi connectivity index (χ2v) is 9.38. The van der Waals surface area contributed by atoms with E-state index < -0.39 is 7.92 Å². The largest absolute Gasteiger partial charge is 0.207 e. The van der Waals surface area contributed by atoms with Gasteiger partial charge in [-0.2, -0.15) is 0 Å². The molecule has 0 N–H and O–H groups in total. The zero-order valence-electron chi connectivity index (χ0n) is 16.4. The summed E-state index contributed by atoms with van der Waals surface area (Å²) in [5.41, 5.74) is 2.23. The minimum absolute atomic E-state index is 0.201. The van der Waals surface area contributed by atoms with Crippen LogP contribution in [0.1, 0.15) is 0 Å². The number of rotatable bonds is 4. The minimum Gasteiger partial charge on any atom is -0.207 e. The highest BCUT2D eigenvalue weighted by Gasteiger charge is 2.21. The van der Waals surface area contributed by atoms with E-state index >= 15 is 0 Å². The molecule has 5 rings (SSSR count). The maximum Gasteiger partial charge on any atom is 0.123 e. The molecule has 144 valence electrons. The van der Waals surface area contributed by atoms with Crippen LogP contribution in [-0.2, 0) is 0 Å². The third-order valence-electron chi connectivity index (χ3n) is 5.31. The monoisotopic (exact) mass is 406 g/mol. The Kier molecular flexibility index (Phi) is 5.13. The highest BCUT2D eigenvalue weighted by molar-refractivity contribution is 7.80. The summed E-state index contributed by atoms with van der Waals surface area (Å²) >= 11 is 0. The van der Waals surface area contributed by atoms with Gasteiger partial charge in [0.1, 0.15) is 5.82 Å². The minimum atomic E-state index is -0.902. The fourth-order valence-electron chi connectivity index (χ4n) is 3.96. The molecule has 0 heterocycles. The van der Waals surface area contributed by atoms with Crippen LogP contribution in [0.4, 0.5) is 4.39 Å². The number of hydrogen-bond acceptors (Lipinski definition) is 0. The molecule has 30 heavy (non-hydrogen) atoms. The molecule has 0 saturated heterocycles. The van der Waals surface area contributed by atoms with E-state index in [4.69, 9.17) is 0 Å². The zero-order valence-corrected chi connectivity index (χ0v) is 17.3. The van der Waals surface area contributed by atoms with E-state index in [1.165, 1.54) is 21.4 Å². The van der Waals surface area contributed by atoms with E-state index in [1.807, 2.05) is 18.2 Å². The molecular weight excluding hydrogens is 386 g/mol. The van der Waals surface area contributed by atoms with Gasteiger partial charge >= 0.3 is 0 Å². The Labute approximate surface area is 177 Å². The van der Waals surface area contributed by atoms with Crippen molar-refractivity contribution in [3.8, 4) is 11.1 Å². The quantitative estimate of drug-likeness (QED) is 0.303. The van der Waals surface area contributed by atoms with Gasteiger partial charge in [0.05, 0.1) is 0 Å². The Morgan fingerprint density at radius 1 is 0.500 bits per heavy atom. The summed E-state index contributed by atoms with van der Waals surface area (Å²) in [7, 11) is -0.902. The SMILES string of the molecule is Fc1ccc(-c2cccc3ccccc23)c(P(c2ccccc2)c2ccccc2)c1. The number of fused-ring (bicyclic) bond motifs is 1. The maximum atomic E-state index is 14.6. The number of halogens is 1. The molecule has 0 aromatic heterocycles. The Morgan fingerprint density at radius 2 is 1.10 bits per heavy atom. The summed E-state index contributed by atoms with van der Waals surface area (Å²) in [4.78, 5) is 0. The highest BCUT2D eigenvalue weighted by atomic mass is 31.1. The van der Waals surface area contributed by atoms with E-state index in [0.29, 0.717) is 0 Å². The van der Waals surface area contributed by atoms with Gasteiger partial charge in [0.2, 0.25) is 0 Å². The van der Waals surface area contributed by atoms with Gasteiger partial charge in [-0.05, 0) is 57.9 Å². The molecule has 0 aliphatic rings. The second-order valence-electron chi connectivity index (χ2n) is 7.19. The van der Waals surface area contributed by atoms with E-state index in [9.17, 15) is 4.39 Å². The van der Waals surface area contributed by atoms with Crippen molar-refractivity contribution >= 4 is 34.6 Å². The molecule has 0 atom stereocenters. The molecule has 5 aromatic carbocycles. The molecule has 0 unspecified atom stereocenters. The van der Waals surface area contributed by atoms with E-state index in [0.717, 1.165) is 16.4 Å². The van der Waals surface area contributed by atoms with Crippen molar-refractivity contribution in [2.24, 2.45) is 0 Å². The molecule has 0 amide bonds. The van der Waals surface area contributed by atoms with Crippen LogP contribution >= 0.6 is 7.92 Å². The first-order valence-corrected chi connectivity index (χ1v) is 11.3. The molecule has 2 heteroatoms. The number of benzene rings is 5.